The van der Waals surface area contributed by atoms with Crippen LogP contribution in [0.1, 0.15) is 16.8 Å². The number of halogens is 2. The quantitative estimate of drug-likeness (QED) is 0.496. The monoisotopic (exact) mass is 372 g/mol. The second-order valence-corrected chi connectivity index (χ2v) is 5.87. The van der Waals surface area contributed by atoms with Crippen LogP contribution >= 0.6 is 27.5 Å². The van der Waals surface area contributed by atoms with Crippen molar-refractivity contribution in [1.29, 1.82) is 0 Å². The Kier molecular flexibility index (Phi) is 4.72. The molecule has 9 heteroatoms. The largest absolute Gasteiger partial charge is 0.478 e. The number of amides is 1. The maximum Gasteiger partial charge on any atom is 0.337 e. The summed E-state index contributed by atoms with van der Waals surface area (Å²) in [4.78, 5) is 27.5. The summed E-state index contributed by atoms with van der Waals surface area (Å²) in [6.07, 6.45) is 0.215. The van der Waals surface area contributed by atoms with Crippen LogP contribution in [0.2, 0.25) is 5.02 Å². The molecule has 110 valence electrons. The Morgan fingerprint density at radius 1 is 1.62 bits per heavy atom. The van der Waals surface area contributed by atoms with Gasteiger partial charge in [0, 0.05) is 33.9 Å². The fraction of sp³-hybridized carbons (Fsp3) is 0.333. The van der Waals surface area contributed by atoms with E-state index in [0.29, 0.717) is 11.0 Å². The molecule has 7 nitrogen and oxygen atoms in total. The van der Waals surface area contributed by atoms with Crippen molar-refractivity contribution in [3.8, 4) is 0 Å². The van der Waals surface area contributed by atoms with Crippen molar-refractivity contribution >= 4 is 45.1 Å². The molecule has 0 radical (unpaired) electrons. The van der Waals surface area contributed by atoms with Crippen LogP contribution in [0.3, 0.4) is 0 Å². The van der Waals surface area contributed by atoms with E-state index in [0.717, 1.165) is 0 Å². The third-order valence-electron chi connectivity index (χ3n) is 3.14. The van der Waals surface area contributed by atoms with Crippen LogP contribution in [0.4, 0.5) is 5.69 Å². The smallest absolute Gasteiger partial charge is 0.337 e. The first-order valence-electron chi connectivity index (χ1n) is 5.97. The number of carboxylic acids is 1. The minimum absolute atomic E-state index is 0.0489. The molecule has 1 aliphatic heterocycles. The molecule has 1 N–H and O–H groups in total. The highest BCUT2D eigenvalue weighted by molar-refractivity contribution is 9.10. The zero-order chi connectivity index (χ0) is 15.6. The van der Waals surface area contributed by atoms with Gasteiger partial charge in [-0.25, -0.2) is 4.79 Å². The average molecular weight is 374 g/mol. The zero-order valence-electron chi connectivity index (χ0n) is 10.7. The van der Waals surface area contributed by atoms with Crippen molar-refractivity contribution < 1.29 is 14.7 Å². The number of carbonyl (C=O) groups is 2. The van der Waals surface area contributed by atoms with Gasteiger partial charge in [-0.1, -0.05) is 16.7 Å². The molecule has 0 saturated carbocycles. The molecule has 1 aliphatic rings. The van der Waals surface area contributed by atoms with Crippen LogP contribution < -0.4 is 4.90 Å². The Balaban J connectivity index is 2.40. The molecule has 0 aliphatic carbocycles. The minimum atomic E-state index is -1.17. The van der Waals surface area contributed by atoms with E-state index in [1.807, 2.05) is 0 Å². The van der Waals surface area contributed by atoms with Gasteiger partial charge in [0.25, 0.3) is 0 Å². The Morgan fingerprint density at radius 2 is 2.33 bits per heavy atom. The van der Waals surface area contributed by atoms with Crippen LogP contribution in [0.15, 0.2) is 21.7 Å². The number of aromatic carboxylic acids is 1. The van der Waals surface area contributed by atoms with Crippen molar-refractivity contribution in [2.24, 2.45) is 11.0 Å². The Hall–Kier alpha value is -1.76. The molecule has 0 bridgehead atoms. The molecule has 1 heterocycles. The summed E-state index contributed by atoms with van der Waals surface area (Å²) >= 11 is 9.11. The SMILES string of the molecule is [N-]=[N+]=NCC1CC(=O)N(c2c(Br)cc(Cl)cc2C(=O)O)C1. The van der Waals surface area contributed by atoms with Crippen molar-refractivity contribution in [1.82, 2.24) is 0 Å². The number of carbonyl (C=O) groups excluding carboxylic acids is 1. The van der Waals surface area contributed by atoms with E-state index in [9.17, 15) is 14.7 Å². The summed E-state index contributed by atoms with van der Waals surface area (Å²) in [6, 6.07) is 2.84. The highest BCUT2D eigenvalue weighted by Crippen LogP contribution is 2.37. The van der Waals surface area contributed by atoms with Crippen molar-refractivity contribution in [2.45, 2.75) is 6.42 Å². The number of hydrogen-bond acceptors (Lipinski definition) is 3. The third-order valence-corrected chi connectivity index (χ3v) is 3.96. The molecule has 2 rings (SSSR count). The van der Waals surface area contributed by atoms with Crippen LogP contribution in [-0.4, -0.2) is 30.1 Å². The van der Waals surface area contributed by atoms with E-state index >= 15 is 0 Å². The second-order valence-electron chi connectivity index (χ2n) is 4.58. The normalized spacial score (nSPS) is 17.7. The fourth-order valence-electron chi connectivity index (χ4n) is 2.28. The van der Waals surface area contributed by atoms with Crippen LogP contribution in [-0.2, 0) is 4.79 Å². The molecule has 1 aromatic carbocycles. The molecule has 1 unspecified atom stereocenters. The predicted octanol–water partition coefficient (Wildman–Crippen LogP) is 3.46. The Bertz CT molecular complexity index is 660. The lowest BCUT2D eigenvalue weighted by Gasteiger charge is -2.20. The molecular formula is C12H10BrClN4O3. The summed E-state index contributed by atoms with van der Waals surface area (Å²) in [5.74, 6) is -1.50. The van der Waals surface area contributed by atoms with Gasteiger partial charge in [0.1, 0.15) is 0 Å². The van der Waals surface area contributed by atoms with Gasteiger partial charge < -0.3 is 10.0 Å². The number of azide groups is 1. The molecule has 1 atom stereocenters. The highest BCUT2D eigenvalue weighted by Gasteiger charge is 2.33. The molecule has 1 amide bonds. The van der Waals surface area contributed by atoms with Gasteiger partial charge >= 0.3 is 5.97 Å². The first-order chi connectivity index (χ1) is 9.93. The van der Waals surface area contributed by atoms with E-state index in [1.165, 1.54) is 17.0 Å². The molecular weight excluding hydrogens is 364 g/mol. The topological polar surface area (TPSA) is 106 Å². The van der Waals surface area contributed by atoms with E-state index in [2.05, 4.69) is 26.0 Å². The van der Waals surface area contributed by atoms with Crippen LogP contribution in [0.25, 0.3) is 10.4 Å². The molecule has 1 fully saturated rings. The van der Waals surface area contributed by atoms with E-state index < -0.39 is 5.97 Å². The van der Waals surface area contributed by atoms with Crippen LogP contribution in [0, 0.1) is 5.92 Å². The van der Waals surface area contributed by atoms with Gasteiger partial charge in [0.15, 0.2) is 0 Å². The summed E-state index contributed by atoms with van der Waals surface area (Å²) in [7, 11) is 0. The van der Waals surface area contributed by atoms with Gasteiger partial charge in [0.2, 0.25) is 5.91 Å². The first kappa shape index (κ1) is 15.6. The van der Waals surface area contributed by atoms with Gasteiger partial charge in [-0.05, 0) is 39.5 Å². The van der Waals surface area contributed by atoms with Crippen molar-refractivity contribution in [3.05, 3.63) is 37.6 Å². The van der Waals surface area contributed by atoms with Gasteiger partial charge in [0.05, 0.1) is 11.3 Å². The van der Waals surface area contributed by atoms with Crippen molar-refractivity contribution in [2.75, 3.05) is 18.0 Å². The standard InChI is InChI=1S/C12H10BrClN4O3/c13-9-3-7(14)2-8(12(20)21)11(9)18-5-6(1-10(18)19)4-16-17-15/h2-3,6H,1,4-5H2,(H,20,21). The lowest BCUT2D eigenvalue weighted by Crippen LogP contribution is -2.27. The highest BCUT2D eigenvalue weighted by atomic mass is 79.9. The Labute approximate surface area is 133 Å². The summed E-state index contributed by atoms with van der Waals surface area (Å²) in [6.45, 7) is 0.505. The maximum absolute atomic E-state index is 12.1. The van der Waals surface area contributed by atoms with E-state index in [-0.39, 0.29) is 41.1 Å². The van der Waals surface area contributed by atoms with Crippen LogP contribution in [0.5, 0.6) is 0 Å². The lowest BCUT2D eigenvalue weighted by molar-refractivity contribution is -0.117. The molecule has 0 aromatic heterocycles. The number of benzene rings is 1. The van der Waals surface area contributed by atoms with Gasteiger partial charge in [-0.3, -0.25) is 4.79 Å². The Morgan fingerprint density at radius 3 is 2.95 bits per heavy atom. The van der Waals surface area contributed by atoms with Crippen molar-refractivity contribution in [3.63, 3.8) is 0 Å². The van der Waals surface area contributed by atoms with E-state index in [4.69, 9.17) is 17.1 Å². The number of nitrogens with zero attached hydrogens (tertiary/aromatic N) is 4. The lowest BCUT2D eigenvalue weighted by atomic mass is 10.1. The van der Waals surface area contributed by atoms with E-state index in [1.54, 1.807) is 0 Å². The summed E-state index contributed by atoms with van der Waals surface area (Å²) in [5, 5.41) is 13.0. The fourth-order valence-corrected chi connectivity index (χ4v) is 3.30. The maximum atomic E-state index is 12.1. The molecule has 0 spiro atoms. The summed E-state index contributed by atoms with van der Waals surface area (Å²) < 4.78 is 0.435. The minimum Gasteiger partial charge on any atom is -0.478 e. The number of rotatable bonds is 4. The average Bonchev–Trinajstić information content (AvgIpc) is 2.76. The molecule has 1 saturated heterocycles. The molecule has 1 aromatic rings. The zero-order valence-corrected chi connectivity index (χ0v) is 13.0. The predicted molar refractivity (Wildman–Crippen MR) is 80.6 cm³/mol. The second kappa shape index (κ2) is 6.34. The summed E-state index contributed by atoms with van der Waals surface area (Å²) in [5.41, 5.74) is 8.56. The number of hydrogen-bond donors (Lipinski definition) is 1. The first-order valence-corrected chi connectivity index (χ1v) is 7.14. The third kappa shape index (κ3) is 3.29. The molecule has 21 heavy (non-hydrogen) atoms. The van der Waals surface area contributed by atoms with Gasteiger partial charge in [-0.2, -0.15) is 0 Å². The number of anilines is 1. The van der Waals surface area contributed by atoms with Gasteiger partial charge in [-0.15, -0.1) is 0 Å². The number of carboxylic acid groups (broad SMARTS) is 1.